The predicted molar refractivity (Wildman–Crippen MR) is 64.7 cm³/mol. The molecule has 1 aromatic carbocycles. The maximum atomic E-state index is 12.0. The van der Waals surface area contributed by atoms with Crippen LogP contribution in [-0.2, 0) is 9.53 Å². The predicted octanol–water partition coefficient (Wildman–Crippen LogP) is 0.737. The van der Waals surface area contributed by atoms with Gasteiger partial charge in [0.05, 0.1) is 20.3 Å². The summed E-state index contributed by atoms with van der Waals surface area (Å²) in [7, 11) is 1.52. The molecule has 96 valence electrons. The van der Waals surface area contributed by atoms with Gasteiger partial charge in [-0.2, -0.15) is 0 Å². The molecule has 1 fully saturated rings. The van der Waals surface area contributed by atoms with Crippen LogP contribution in [0.25, 0.3) is 0 Å². The number of morpholine rings is 1. The molecule has 0 unspecified atom stereocenters. The fraction of sp³-hybridized carbons (Fsp3) is 0.385. The molecule has 1 heterocycles. The molecule has 1 aromatic rings. The normalized spacial score (nSPS) is 15.3. The van der Waals surface area contributed by atoms with Crippen LogP contribution < -0.4 is 4.74 Å². The van der Waals surface area contributed by atoms with Crippen LogP contribution in [0, 0.1) is 0 Å². The van der Waals surface area contributed by atoms with E-state index in [0.717, 1.165) is 0 Å². The molecular formula is C13H15NO4. The summed E-state index contributed by atoms with van der Waals surface area (Å²) in [5.41, 5.74) is 0.353. The first kappa shape index (κ1) is 12.6. The van der Waals surface area contributed by atoms with Gasteiger partial charge < -0.3 is 14.4 Å². The molecule has 18 heavy (non-hydrogen) atoms. The Morgan fingerprint density at radius 1 is 1.28 bits per heavy atom. The van der Waals surface area contributed by atoms with Crippen LogP contribution in [0.5, 0.6) is 5.75 Å². The zero-order valence-electron chi connectivity index (χ0n) is 10.2. The van der Waals surface area contributed by atoms with Crippen LogP contribution in [0.15, 0.2) is 24.3 Å². The highest BCUT2D eigenvalue weighted by Crippen LogP contribution is 2.14. The number of benzene rings is 1. The van der Waals surface area contributed by atoms with Crippen molar-refractivity contribution in [3.05, 3.63) is 29.8 Å². The van der Waals surface area contributed by atoms with Gasteiger partial charge in [0.25, 0.3) is 11.7 Å². The van der Waals surface area contributed by atoms with Gasteiger partial charge in [-0.25, -0.2) is 0 Å². The molecular weight excluding hydrogens is 234 g/mol. The molecule has 0 bridgehead atoms. The number of hydrogen-bond acceptors (Lipinski definition) is 4. The highest BCUT2D eigenvalue weighted by Gasteiger charge is 2.24. The van der Waals surface area contributed by atoms with E-state index < -0.39 is 11.7 Å². The van der Waals surface area contributed by atoms with Crippen molar-refractivity contribution >= 4 is 11.7 Å². The molecule has 2 rings (SSSR count). The average molecular weight is 249 g/mol. The molecule has 1 saturated heterocycles. The Bertz CT molecular complexity index is 452. The van der Waals surface area contributed by atoms with E-state index in [2.05, 4.69) is 0 Å². The quantitative estimate of drug-likeness (QED) is 0.585. The van der Waals surface area contributed by atoms with Crippen molar-refractivity contribution in [2.24, 2.45) is 0 Å². The van der Waals surface area contributed by atoms with E-state index in [-0.39, 0.29) is 0 Å². The van der Waals surface area contributed by atoms with Gasteiger partial charge in [-0.1, -0.05) is 12.1 Å². The highest BCUT2D eigenvalue weighted by atomic mass is 16.5. The lowest BCUT2D eigenvalue weighted by Gasteiger charge is -2.26. The number of hydrogen-bond donors (Lipinski definition) is 0. The van der Waals surface area contributed by atoms with Crippen LogP contribution in [0.4, 0.5) is 0 Å². The van der Waals surface area contributed by atoms with E-state index in [9.17, 15) is 9.59 Å². The SMILES string of the molecule is COc1cccc(C(=O)C(=O)N2CCOCC2)c1. The Morgan fingerprint density at radius 3 is 2.67 bits per heavy atom. The highest BCUT2D eigenvalue weighted by molar-refractivity contribution is 6.42. The molecule has 5 nitrogen and oxygen atoms in total. The summed E-state index contributed by atoms with van der Waals surface area (Å²) < 4.78 is 10.2. The van der Waals surface area contributed by atoms with Gasteiger partial charge in [0.1, 0.15) is 5.75 Å². The maximum absolute atomic E-state index is 12.0. The summed E-state index contributed by atoms with van der Waals surface area (Å²) in [6.07, 6.45) is 0. The van der Waals surface area contributed by atoms with E-state index in [1.807, 2.05) is 0 Å². The monoisotopic (exact) mass is 249 g/mol. The van der Waals surface area contributed by atoms with Crippen LogP contribution in [0.3, 0.4) is 0 Å². The second-order valence-electron chi connectivity index (χ2n) is 3.97. The lowest BCUT2D eigenvalue weighted by Crippen LogP contribution is -2.44. The molecule has 0 aliphatic carbocycles. The topological polar surface area (TPSA) is 55.8 Å². The summed E-state index contributed by atoms with van der Waals surface area (Å²) in [5.74, 6) is -0.419. The van der Waals surface area contributed by atoms with Gasteiger partial charge in [0.2, 0.25) is 0 Å². The number of methoxy groups -OCH3 is 1. The number of carbonyl (C=O) groups is 2. The molecule has 0 radical (unpaired) electrons. The van der Waals surface area contributed by atoms with E-state index in [1.165, 1.54) is 12.0 Å². The minimum Gasteiger partial charge on any atom is -0.497 e. The minimum atomic E-state index is -0.504. The largest absolute Gasteiger partial charge is 0.497 e. The lowest BCUT2D eigenvalue weighted by molar-refractivity contribution is -0.130. The third kappa shape index (κ3) is 2.68. The summed E-state index contributed by atoms with van der Waals surface area (Å²) >= 11 is 0. The van der Waals surface area contributed by atoms with Crippen LogP contribution in [0.2, 0.25) is 0 Å². The summed E-state index contributed by atoms with van der Waals surface area (Å²) in [6, 6.07) is 6.61. The van der Waals surface area contributed by atoms with E-state index in [0.29, 0.717) is 37.6 Å². The fourth-order valence-electron chi connectivity index (χ4n) is 1.80. The third-order valence-electron chi connectivity index (χ3n) is 2.82. The van der Waals surface area contributed by atoms with Crippen molar-refractivity contribution in [1.29, 1.82) is 0 Å². The number of carbonyl (C=O) groups excluding carboxylic acids is 2. The van der Waals surface area contributed by atoms with Gasteiger partial charge in [-0.3, -0.25) is 9.59 Å². The number of Topliss-reactive ketones (excluding diaryl/α,β-unsaturated/α-hetero) is 1. The van der Waals surface area contributed by atoms with E-state index >= 15 is 0 Å². The molecule has 0 aromatic heterocycles. The summed E-state index contributed by atoms with van der Waals surface area (Å²) in [4.78, 5) is 25.5. The number of ketones is 1. The Kier molecular flexibility index (Phi) is 3.94. The first-order chi connectivity index (χ1) is 8.72. The Hall–Kier alpha value is -1.88. The minimum absolute atomic E-state index is 0.353. The maximum Gasteiger partial charge on any atom is 0.295 e. The second kappa shape index (κ2) is 5.64. The van der Waals surface area contributed by atoms with Crippen molar-refractivity contribution in [2.45, 2.75) is 0 Å². The van der Waals surface area contributed by atoms with Gasteiger partial charge in [0.15, 0.2) is 0 Å². The number of nitrogens with zero attached hydrogens (tertiary/aromatic N) is 1. The van der Waals surface area contributed by atoms with Crippen LogP contribution >= 0.6 is 0 Å². The summed E-state index contributed by atoms with van der Waals surface area (Å²) in [5, 5.41) is 0. The third-order valence-corrected chi connectivity index (χ3v) is 2.82. The van der Waals surface area contributed by atoms with Crippen molar-refractivity contribution in [3.63, 3.8) is 0 Å². The van der Waals surface area contributed by atoms with Crippen molar-refractivity contribution in [1.82, 2.24) is 4.90 Å². The molecule has 0 N–H and O–H groups in total. The number of amides is 1. The molecule has 5 heteroatoms. The standard InChI is InChI=1S/C13H15NO4/c1-17-11-4-2-3-10(9-11)12(15)13(16)14-5-7-18-8-6-14/h2-4,9H,5-8H2,1H3. The van der Waals surface area contributed by atoms with Crippen molar-refractivity contribution in [3.8, 4) is 5.75 Å². The second-order valence-corrected chi connectivity index (χ2v) is 3.97. The lowest BCUT2D eigenvalue weighted by atomic mass is 10.1. The van der Waals surface area contributed by atoms with E-state index in [4.69, 9.17) is 9.47 Å². The van der Waals surface area contributed by atoms with Crippen LogP contribution in [-0.4, -0.2) is 50.0 Å². The molecule has 1 aliphatic rings. The Morgan fingerprint density at radius 2 is 2.00 bits per heavy atom. The average Bonchev–Trinajstić information content (AvgIpc) is 2.46. The Balaban J connectivity index is 2.11. The Labute approximate surface area is 105 Å². The van der Waals surface area contributed by atoms with Gasteiger partial charge in [-0.15, -0.1) is 0 Å². The fourth-order valence-corrected chi connectivity index (χ4v) is 1.80. The van der Waals surface area contributed by atoms with Crippen molar-refractivity contribution < 1.29 is 19.1 Å². The molecule has 0 saturated carbocycles. The van der Waals surface area contributed by atoms with Gasteiger partial charge >= 0.3 is 0 Å². The first-order valence-corrected chi connectivity index (χ1v) is 5.78. The van der Waals surface area contributed by atoms with Crippen LogP contribution in [0.1, 0.15) is 10.4 Å². The number of ether oxygens (including phenoxy) is 2. The molecule has 0 atom stereocenters. The molecule has 1 amide bonds. The van der Waals surface area contributed by atoms with E-state index in [1.54, 1.807) is 24.3 Å². The molecule has 0 spiro atoms. The number of rotatable bonds is 3. The first-order valence-electron chi connectivity index (χ1n) is 5.78. The smallest absolute Gasteiger partial charge is 0.295 e. The van der Waals surface area contributed by atoms with Gasteiger partial charge in [0, 0.05) is 18.7 Å². The zero-order chi connectivity index (χ0) is 13.0. The van der Waals surface area contributed by atoms with Gasteiger partial charge in [-0.05, 0) is 12.1 Å². The summed E-state index contributed by atoms with van der Waals surface area (Å²) in [6.45, 7) is 1.90. The molecule has 1 aliphatic heterocycles. The van der Waals surface area contributed by atoms with Crippen molar-refractivity contribution in [2.75, 3.05) is 33.4 Å². The zero-order valence-corrected chi connectivity index (χ0v) is 10.2.